The van der Waals surface area contributed by atoms with Gasteiger partial charge in [-0.2, -0.15) is 0 Å². The zero-order chi connectivity index (χ0) is 19.8. The second-order valence-electron chi connectivity index (χ2n) is 6.36. The molecule has 2 aromatic rings. The molecule has 146 valence electrons. The highest BCUT2D eigenvalue weighted by Gasteiger charge is 2.16. The average molecular weight is 390 g/mol. The summed E-state index contributed by atoms with van der Waals surface area (Å²) in [6.07, 6.45) is 0. The predicted octanol–water partition coefficient (Wildman–Crippen LogP) is 4.23. The van der Waals surface area contributed by atoms with Gasteiger partial charge in [0.2, 0.25) is 0 Å². The van der Waals surface area contributed by atoms with Crippen LogP contribution in [0.15, 0.2) is 41.3 Å². The van der Waals surface area contributed by atoms with E-state index >= 15 is 0 Å². The number of hydrogen-bond donors (Lipinski definition) is 1. The standard InChI is InChI=1S/C21H27NO4S/c1-15-12-19(25-4)16(2)17(3)21(15)27-22(10-11-26-14-20(23)24)13-18-8-6-5-7-9-18/h5-9,12H,10-11,13-14H2,1-4H3,(H,23,24). The summed E-state index contributed by atoms with van der Waals surface area (Å²) in [5.41, 5.74) is 4.68. The fourth-order valence-corrected chi connectivity index (χ4v) is 3.90. The number of benzene rings is 2. The number of nitrogens with zero attached hydrogens (tertiary/aromatic N) is 1. The maximum atomic E-state index is 10.7. The molecule has 0 unspecified atom stereocenters. The van der Waals surface area contributed by atoms with Crippen LogP contribution in [0.25, 0.3) is 0 Å². The van der Waals surface area contributed by atoms with Crippen LogP contribution in [0.4, 0.5) is 0 Å². The molecule has 0 atom stereocenters. The molecule has 0 saturated heterocycles. The van der Waals surface area contributed by atoms with Crippen LogP contribution in [-0.2, 0) is 16.1 Å². The molecule has 6 heteroatoms. The molecule has 0 aliphatic rings. The van der Waals surface area contributed by atoms with E-state index in [9.17, 15) is 4.79 Å². The summed E-state index contributed by atoms with van der Waals surface area (Å²) >= 11 is 1.68. The van der Waals surface area contributed by atoms with Crippen LogP contribution in [0.1, 0.15) is 22.3 Å². The molecule has 0 aliphatic carbocycles. The molecule has 0 bridgehead atoms. The molecular weight excluding hydrogens is 362 g/mol. The highest BCUT2D eigenvalue weighted by molar-refractivity contribution is 7.97. The Kier molecular flexibility index (Phi) is 8.16. The predicted molar refractivity (Wildman–Crippen MR) is 108 cm³/mol. The molecule has 2 aromatic carbocycles. The lowest BCUT2D eigenvalue weighted by molar-refractivity contribution is -0.142. The van der Waals surface area contributed by atoms with Gasteiger partial charge in [0.1, 0.15) is 12.4 Å². The van der Waals surface area contributed by atoms with Crippen LogP contribution in [0.3, 0.4) is 0 Å². The van der Waals surface area contributed by atoms with Crippen LogP contribution < -0.4 is 4.74 Å². The molecule has 1 N–H and O–H groups in total. The summed E-state index contributed by atoms with van der Waals surface area (Å²) in [5.74, 6) is -0.0523. The maximum absolute atomic E-state index is 10.7. The van der Waals surface area contributed by atoms with Crippen molar-refractivity contribution in [3.05, 3.63) is 58.7 Å². The summed E-state index contributed by atoms with van der Waals surface area (Å²) in [7, 11) is 1.69. The van der Waals surface area contributed by atoms with E-state index in [0.717, 1.165) is 23.4 Å². The van der Waals surface area contributed by atoms with E-state index in [4.69, 9.17) is 14.6 Å². The van der Waals surface area contributed by atoms with E-state index in [1.165, 1.54) is 16.0 Å². The number of hydrogen-bond acceptors (Lipinski definition) is 5. The first-order chi connectivity index (χ1) is 12.9. The highest BCUT2D eigenvalue weighted by Crippen LogP contribution is 2.36. The van der Waals surface area contributed by atoms with Gasteiger partial charge in [0.25, 0.3) is 0 Å². The topological polar surface area (TPSA) is 59.0 Å². The smallest absolute Gasteiger partial charge is 0.329 e. The third kappa shape index (κ3) is 6.27. The number of carboxylic acids is 1. The molecule has 0 fully saturated rings. The maximum Gasteiger partial charge on any atom is 0.329 e. The van der Waals surface area contributed by atoms with Gasteiger partial charge in [-0.1, -0.05) is 30.3 Å². The number of carbonyl (C=O) groups is 1. The number of aryl methyl sites for hydroxylation is 1. The zero-order valence-electron chi connectivity index (χ0n) is 16.3. The Labute approximate surface area is 165 Å². The third-order valence-electron chi connectivity index (χ3n) is 4.33. The number of carboxylic acid groups (broad SMARTS) is 1. The lowest BCUT2D eigenvalue weighted by atomic mass is 10.1. The van der Waals surface area contributed by atoms with Crippen LogP contribution in [0.5, 0.6) is 5.75 Å². The summed E-state index contributed by atoms with van der Waals surface area (Å²) in [6, 6.07) is 12.3. The van der Waals surface area contributed by atoms with Gasteiger partial charge in [-0.3, -0.25) is 0 Å². The van der Waals surface area contributed by atoms with Crippen molar-refractivity contribution in [3.63, 3.8) is 0 Å². The number of rotatable bonds is 10. The van der Waals surface area contributed by atoms with Crippen LogP contribution in [-0.4, -0.2) is 42.2 Å². The van der Waals surface area contributed by atoms with Crippen LogP contribution >= 0.6 is 11.9 Å². The second-order valence-corrected chi connectivity index (χ2v) is 7.47. The molecule has 0 amide bonds. The highest BCUT2D eigenvalue weighted by atomic mass is 32.2. The van der Waals surface area contributed by atoms with Crippen molar-refractivity contribution in [1.29, 1.82) is 0 Å². The lowest BCUT2D eigenvalue weighted by Crippen LogP contribution is -2.22. The van der Waals surface area contributed by atoms with Crippen molar-refractivity contribution in [3.8, 4) is 5.75 Å². The van der Waals surface area contributed by atoms with Gasteiger partial charge in [0, 0.05) is 18.0 Å². The van der Waals surface area contributed by atoms with E-state index in [1.54, 1.807) is 19.1 Å². The number of methoxy groups -OCH3 is 1. The molecule has 2 rings (SSSR count). The van der Waals surface area contributed by atoms with E-state index in [-0.39, 0.29) is 6.61 Å². The Bertz CT molecular complexity index is 765. The lowest BCUT2D eigenvalue weighted by Gasteiger charge is -2.24. The van der Waals surface area contributed by atoms with Gasteiger partial charge in [0.15, 0.2) is 0 Å². The first kappa shape index (κ1) is 21.3. The number of aliphatic carboxylic acids is 1. The largest absolute Gasteiger partial charge is 0.496 e. The minimum atomic E-state index is -0.949. The Hall–Kier alpha value is -2.02. The van der Waals surface area contributed by atoms with Gasteiger partial charge in [0.05, 0.1) is 13.7 Å². The Morgan fingerprint density at radius 1 is 1.15 bits per heavy atom. The van der Waals surface area contributed by atoms with Crippen LogP contribution in [0.2, 0.25) is 0 Å². The summed E-state index contributed by atoms with van der Waals surface area (Å²) in [5, 5.41) is 8.75. The molecule has 0 aromatic heterocycles. The van der Waals surface area contributed by atoms with Gasteiger partial charge >= 0.3 is 5.97 Å². The van der Waals surface area contributed by atoms with Gasteiger partial charge < -0.3 is 14.6 Å². The fraction of sp³-hybridized carbons (Fsp3) is 0.381. The Morgan fingerprint density at radius 3 is 2.48 bits per heavy atom. The Morgan fingerprint density at radius 2 is 1.85 bits per heavy atom. The van der Waals surface area contributed by atoms with Gasteiger partial charge in [-0.05, 0) is 61.0 Å². The van der Waals surface area contributed by atoms with Gasteiger partial charge in [-0.25, -0.2) is 9.10 Å². The van der Waals surface area contributed by atoms with E-state index in [0.29, 0.717) is 13.2 Å². The van der Waals surface area contributed by atoms with Crippen molar-refractivity contribution in [2.75, 3.05) is 26.9 Å². The van der Waals surface area contributed by atoms with Crippen molar-refractivity contribution in [2.45, 2.75) is 32.2 Å². The average Bonchev–Trinajstić information content (AvgIpc) is 2.65. The zero-order valence-corrected chi connectivity index (χ0v) is 17.1. The third-order valence-corrected chi connectivity index (χ3v) is 5.71. The van der Waals surface area contributed by atoms with Crippen molar-refractivity contribution in [2.24, 2.45) is 0 Å². The fourth-order valence-electron chi connectivity index (χ4n) is 2.77. The second kappa shape index (κ2) is 10.3. The van der Waals surface area contributed by atoms with E-state index < -0.39 is 5.97 Å². The Balaban J connectivity index is 2.17. The molecule has 0 heterocycles. The minimum Gasteiger partial charge on any atom is -0.496 e. The molecular formula is C21H27NO4S. The van der Waals surface area contributed by atoms with Crippen molar-refractivity contribution >= 4 is 17.9 Å². The molecule has 0 saturated carbocycles. The van der Waals surface area contributed by atoms with Crippen molar-refractivity contribution < 1.29 is 19.4 Å². The van der Waals surface area contributed by atoms with E-state index in [1.807, 2.05) is 18.2 Å². The van der Waals surface area contributed by atoms with Crippen LogP contribution in [0, 0.1) is 20.8 Å². The monoisotopic (exact) mass is 389 g/mol. The normalized spacial score (nSPS) is 11.0. The molecule has 0 radical (unpaired) electrons. The summed E-state index contributed by atoms with van der Waals surface area (Å²) in [4.78, 5) is 11.9. The minimum absolute atomic E-state index is 0.274. The molecule has 0 spiro atoms. The summed E-state index contributed by atoms with van der Waals surface area (Å²) in [6.45, 7) is 7.70. The van der Waals surface area contributed by atoms with Gasteiger partial charge in [-0.15, -0.1) is 0 Å². The number of ether oxygens (including phenoxy) is 2. The molecule has 5 nitrogen and oxygen atoms in total. The van der Waals surface area contributed by atoms with Crippen molar-refractivity contribution in [1.82, 2.24) is 4.31 Å². The summed E-state index contributed by atoms with van der Waals surface area (Å²) < 4.78 is 12.9. The van der Waals surface area contributed by atoms with E-state index in [2.05, 4.69) is 43.3 Å². The SMILES string of the molecule is COc1cc(C)c(SN(CCOCC(=O)O)Cc2ccccc2)c(C)c1C. The molecule has 27 heavy (non-hydrogen) atoms. The molecule has 0 aliphatic heterocycles. The first-order valence-corrected chi connectivity index (χ1v) is 9.61. The quantitative estimate of drug-likeness (QED) is 0.485. The first-order valence-electron chi connectivity index (χ1n) is 8.83.